The first-order chi connectivity index (χ1) is 14.3. The topological polar surface area (TPSA) is 118 Å². The summed E-state index contributed by atoms with van der Waals surface area (Å²) in [6, 6.07) is 6.91. The molecule has 30 heavy (non-hydrogen) atoms. The number of anilines is 1. The Kier molecular flexibility index (Phi) is 5.56. The summed E-state index contributed by atoms with van der Waals surface area (Å²) in [5, 5.41) is 10.3. The van der Waals surface area contributed by atoms with Crippen molar-refractivity contribution in [2.24, 2.45) is 5.10 Å². The number of hydrazone groups is 1. The molecule has 0 radical (unpaired) electrons. The fourth-order valence-electron chi connectivity index (χ4n) is 3.38. The zero-order chi connectivity index (χ0) is 21.3. The molecule has 0 unspecified atom stereocenters. The monoisotopic (exact) mass is 448 g/mol. The largest absolute Gasteiger partial charge is 0.497 e. The van der Waals surface area contributed by atoms with Crippen molar-refractivity contribution in [3.8, 4) is 17.0 Å². The normalized spacial score (nSPS) is 20.7. The zero-order valence-electron chi connectivity index (χ0n) is 16.2. The Hall–Kier alpha value is -2.79. The van der Waals surface area contributed by atoms with Crippen LogP contribution in [0.4, 0.5) is 5.13 Å². The van der Waals surface area contributed by atoms with Gasteiger partial charge in [-0.3, -0.25) is 14.9 Å². The standard InChI is InChI=1S/C19H20N4O5S2/c1-28-14-4-2-12(3-5-14)16-10-29-19(20-16)21-18(25)15-6-7-17(24)23(22-15)13-8-9-30(26,27)11-13/h2-5,10,13H,6-9,11H2,1H3,(H,20,21,25)/t13-/m1/s1. The van der Waals surface area contributed by atoms with Gasteiger partial charge in [0.05, 0.1) is 30.4 Å². The highest BCUT2D eigenvalue weighted by Gasteiger charge is 2.37. The molecule has 0 bridgehead atoms. The molecule has 0 aliphatic carbocycles. The average Bonchev–Trinajstić information content (AvgIpc) is 3.34. The molecule has 9 nitrogen and oxygen atoms in total. The van der Waals surface area contributed by atoms with Gasteiger partial charge in [0, 0.05) is 23.8 Å². The lowest BCUT2D eigenvalue weighted by Gasteiger charge is -2.27. The number of benzene rings is 1. The van der Waals surface area contributed by atoms with Gasteiger partial charge in [-0.1, -0.05) is 0 Å². The maximum absolute atomic E-state index is 12.6. The number of rotatable bonds is 5. The number of carbonyl (C=O) groups is 2. The zero-order valence-corrected chi connectivity index (χ0v) is 17.8. The number of aromatic nitrogens is 1. The Morgan fingerprint density at radius 1 is 1.27 bits per heavy atom. The lowest BCUT2D eigenvalue weighted by molar-refractivity contribution is -0.133. The van der Waals surface area contributed by atoms with E-state index in [0.717, 1.165) is 17.0 Å². The molecule has 4 rings (SSSR count). The van der Waals surface area contributed by atoms with Crippen LogP contribution in [0.5, 0.6) is 5.75 Å². The third-order valence-corrected chi connectivity index (χ3v) is 7.49. The summed E-state index contributed by atoms with van der Waals surface area (Å²) in [4.78, 5) is 29.3. The van der Waals surface area contributed by atoms with Gasteiger partial charge in [-0.25, -0.2) is 18.4 Å². The third-order valence-electron chi connectivity index (χ3n) is 4.99. The van der Waals surface area contributed by atoms with Crippen LogP contribution < -0.4 is 10.1 Å². The van der Waals surface area contributed by atoms with Crippen LogP contribution in [-0.4, -0.2) is 60.6 Å². The maximum Gasteiger partial charge on any atom is 0.273 e. The molecule has 1 saturated heterocycles. The van der Waals surface area contributed by atoms with E-state index in [9.17, 15) is 18.0 Å². The van der Waals surface area contributed by atoms with E-state index in [1.165, 1.54) is 16.3 Å². The molecule has 2 aliphatic heterocycles. The van der Waals surface area contributed by atoms with Gasteiger partial charge in [0.2, 0.25) is 5.91 Å². The Bertz CT molecular complexity index is 1110. The van der Waals surface area contributed by atoms with Gasteiger partial charge in [-0.15, -0.1) is 11.3 Å². The molecule has 2 amide bonds. The number of nitrogens with one attached hydrogen (secondary N) is 1. The minimum Gasteiger partial charge on any atom is -0.497 e. The summed E-state index contributed by atoms with van der Waals surface area (Å²) in [7, 11) is -1.57. The van der Waals surface area contributed by atoms with Crippen LogP contribution in [-0.2, 0) is 19.4 Å². The van der Waals surface area contributed by atoms with Gasteiger partial charge in [0.15, 0.2) is 15.0 Å². The second-order valence-corrected chi connectivity index (χ2v) is 10.1. The second-order valence-electron chi connectivity index (χ2n) is 7.06. The number of carbonyl (C=O) groups excluding carboxylic acids is 2. The molecule has 2 aromatic rings. The van der Waals surface area contributed by atoms with Gasteiger partial charge in [0.25, 0.3) is 5.91 Å². The predicted octanol–water partition coefficient (Wildman–Crippen LogP) is 1.92. The Balaban J connectivity index is 1.46. The second kappa shape index (κ2) is 8.15. The van der Waals surface area contributed by atoms with E-state index in [4.69, 9.17) is 4.74 Å². The number of hydrogen-bond acceptors (Lipinski definition) is 8. The van der Waals surface area contributed by atoms with Crippen molar-refractivity contribution in [3.05, 3.63) is 29.6 Å². The maximum atomic E-state index is 12.6. The number of hydrogen-bond donors (Lipinski definition) is 1. The van der Waals surface area contributed by atoms with E-state index in [-0.39, 0.29) is 36.0 Å². The van der Waals surface area contributed by atoms with Crippen LogP contribution in [0.1, 0.15) is 19.3 Å². The SMILES string of the molecule is COc1ccc(-c2csc(NC(=O)C3=NN([C@@H]4CCS(=O)(=O)C4)C(=O)CC3)n2)cc1. The molecule has 1 atom stereocenters. The Labute approximate surface area is 177 Å². The molecular weight excluding hydrogens is 428 g/mol. The molecule has 158 valence electrons. The van der Waals surface area contributed by atoms with E-state index < -0.39 is 21.8 Å². The fraction of sp³-hybridized carbons (Fsp3) is 0.368. The van der Waals surface area contributed by atoms with Crippen molar-refractivity contribution < 1.29 is 22.7 Å². The molecule has 1 N–H and O–H groups in total. The lowest BCUT2D eigenvalue weighted by atomic mass is 10.1. The minimum absolute atomic E-state index is 0.0335. The van der Waals surface area contributed by atoms with Crippen LogP contribution in [0.15, 0.2) is 34.7 Å². The molecule has 1 aromatic carbocycles. The molecule has 0 saturated carbocycles. The van der Waals surface area contributed by atoms with E-state index in [0.29, 0.717) is 11.6 Å². The molecule has 1 fully saturated rings. The number of methoxy groups -OCH3 is 1. The number of amides is 2. The summed E-state index contributed by atoms with van der Waals surface area (Å²) in [5.74, 6) is -0.0405. The number of nitrogens with zero attached hydrogens (tertiary/aromatic N) is 3. The predicted molar refractivity (Wildman–Crippen MR) is 113 cm³/mol. The first-order valence-corrected chi connectivity index (χ1v) is 12.1. The van der Waals surface area contributed by atoms with Crippen LogP contribution in [0.3, 0.4) is 0 Å². The van der Waals surface area contributed by atoms with Gasteiger partial charge in [0.1, 0.15) is 11.5 Å². The van der Waals surface area contributed by atoms with Crippen LogP contribution >= 0.6 is 11.3 Å². The van der Waals surface area contributed by atoms with Gasteiger partial charge in [-0.2, -0.15) is 5.10 Å². The van der Waals surface area contributed by atoms with Crippen molar-refractivity contribution >= 4 is 43.8 Å². The average molecular weight is 449 g/mol. The van der Waals surface area contributed by atoms with Gasteiger partial charge >= 0.3 is 0 Å². The third kappa shape index (κ3) is 4.36. The van der Waals surface area contributed by atoms with Crippen LogP contribution in [0, 0.1) is 0 Å². The molecule has 2 aliphatic rings. The van der Waals surface area contributed by atoms with Crippen molar-refractivity contribution in [3.63, 3.8) is 0 Å². The van der Waals surface area contributed by atoms with Crippen LogP contribution in [0.2, 0.25) is 0 Å². The fourth-order valence-corrected chi connectivity index (χ4v) is 5.79. The number of ether oxygens (including phenoxy) is 1. The van der Waals surface area contributed by atoms with Crippen molar-refractivity contribution in [2.45, 2.75) is 25.3 Å². The highest BCUT2D eigenvalue weighted by atomic mass is 32.2. The molecule has 1 aromatic heterocycles. The quantitative estimate of drug-likeness (QED) is 0.747. The van der Waals surface area contributed by atoms with Gasteiger partial charge < -0.3 is 4.74 Å². The van der Waals surface area contributed by atoms with Gasteiger partial charge in [-0.05, 0) is 30.7 Å². The van der Waals surface area contributed by atoms with Crippen molar-refractivity contribution in [2.75, 3.05) is 23.9 Å². The Morgan fingerprint density at radius 2 is 2.03 bits per heavy atom. The molecule has 3 heterocycles. The smallest absolute Gasteiger partial charge is 0.273 e. The first-order valence-electron chi connectivity index (χ1n) is 9.36. The lowest BCUT2D eigenvalue weighted by Crippen LogP contribution is -2.42. The minimum atomic E-state index is -3.16. The van der Waals surface area contributed by atoms with Crippen LogP contribution in [0.25, 0.3) is 11.3 Å². The number of thiazole rings is 1. The highest BCUT2D eigenvalue weighted by Crippen LogP contribution is 2.27. The van der Waals surface area contributed by atoms with E-state index in [1.807, 2.05) is 29.6 Å². The summed E-state index contributed by atoms with van der Waals surface area (Å²) < 4.78 is 28.6. The van der Waals surface area contributed by atoms with E-state index >= 15 is 0 Å². The van der Waals surface area contributed by atoms with Crippen molar-refractivity contribution in [1.29, 1.82) is 0 Å². The summed E-state index contributed by atoms with van der Waals surface area (Å²) in [6.45, 7) is 0. The molecule has 0 spiro atoms. The molecular formula is C19H20N4O5S2. The summed E-state index contributed by atoms with van der Waals surface area (Å²) >= 11 is 1.28. The summed E-state index contributed by atoms with van der Waals surface area (Å²) in [5.41, 5.74) is 1.80. The summed E-state index contributed by atoms with van der Waals surface area (Å²) in [6.07, 6.45) is 0.666. The van der Waals surface area contributed by atoms with E-state index in [2.05, 4.69) is 15.4 Å². The van der Waals surface area contributed by atoms with E-state index in [1.54, 1.807) is 7.11 Å². The molecule has 11 heteroatoms. The van der Waals surface area contributed by atoms with Crippen molar-refractivity contribution in [1.82, 2.24) is 9.99 Å². The number of sulfone groups is 1. The highest BCUT2D eigenvalue weighted by molar-refractivity contribution is 7.91. The Morgan fingerprint density at radius 3 is 2.70 bits per heavy atom. The first kappa shape index (κ1) is 20.5.